The molecule has 0 saturated carbocycles. The number of allylic oxidation sites excluding steroid dienone is 2. The van der Waals surface area contributed by atoms with Gasteiger partial charge in [-0.05, 0) is 45.4 Å². The van der Waals surface area contributed by atoms with Crippen LogP contribution in [0.2, 0.25) is 0 Å². The van der Waals surface area contributed by atoms with Crippen molar-refractivity contribution in [3.63, 3.8) is 0 Å². The Bertz CT molecular complexity index is 1130. The fourth-order valence-electron chi connectivity index (χ4n) is 4.32. The molecule has 2 aromatic rings. The fourth-order valence-corrected chi connectivity index (χ4v) is 4.32. The molecule has 1 aliphatic rings. The first-order valence-corrected chi connectivity index (χ1v) is 11.3. The van der Waals surface area contributed by atoms with Crippen molar-refractivity contribution in [2.45, 2.75) is 33.6 Å². The standard InChI is InChI=1S/C26H30N2O7/c1-6-34-25(29)22-16(3)27(19-11-9-13-21(15-19)33-5)17(4)23(26(30)35-7-2)24(22)18-10-8-12-20(14-18)28(31)32/h8-15,24,28,31H,6-7H2,1-5H3. The van der Waals surface area contributed by atoms with Crippen LogP contribution in [0.15, 0.2) is 71.1 Å². The lowest BCUT2D eigenvalue weighted by Crippen LogP contribution is -2.99. The summed E-state index contributed by atoms with van der Waals surface area (Å²) >= 11 is 0. The van der Waals surface area contributed by atoms with E-state index in [2.05, 4.69) is 0 Å². The molecular weight excluding hydrogens is 452 g/mol. The predicted octanol–water partition coefficient (Wildman–Crippen LogP) is 3.38. The van der Waals surface area contributed by atoms with Crippen LogP contribution in [0.3, 0.4) is 0 Å². The van der Waals surface area contributed by atoms with Gasteiger partial charge in [0.15, 0.2) is 5.69 Å². The molecule has 0 amide bonds. The van der Waals surface area contributed by atoms with Crippen molar-refractivity contribution in [1.82, 2.24) is 0 Å². The third kappa shape index (κ3) is 5.22. The van der Waals surface area contributed by atoms with Crippen molar-refractivity contribution in [1.29, 1.82) is 0 Å². The van der Waals surface area contributed by atoms with E-state index in [1.165, 1.54) is 12.1 Å². The van der Waals surface area contributed by atoms with Crippen molar-refractivity contribution in [3.05, 3.63) is 81.8 Å². The van der Waals surface area contributed by atoms with Crippen LogP contribution in [-0.2, 0) is 19.1 Å². The second-order valence-corrected chi connectivity index (χ2v) is 7.84. The van der Waals surface area contributed by atoms with E-state index in [4.69, 9.17) is 14.2 Å². The van der Waals surface area contributed by atoms with Crippen LogP contribution in [0.5, 0.6) is 5.75 Å². The van der Waals surface area contributed by atoms with E-state index < -0.39 is 23.1 Å². The SMILES string of the molecule is CCOC(=O)C1=C(C)N(c2cccc(OC)c2)C(C)=C(C(=O)OCC)C1c1cccc([NH+]([O-])O)c1. The molecule has 0 saturated heterocycles. The monoisotopic (exact) mass is 482 g/mol. The number of carbonyl (C=O) groups is 2. The average molecular weight is 483 g/mol. The lowest BCUT2D eigenvalue weighted by molar-refractivity contribution is -0.991. The van der Waals surface area contributed by atoms with Gasteiger partial charge in [-0.25, -0.2) is 14.8 Å². The minimum absolute atomic E-state index is 0.0412. The molecule has 0 fully saturated rings. The number of benzene rings is 2. The van der Waals surface area contributed by atoms with Gasteiger partial charge in [0.1, 0.15) is 5.75 Å². The van der Waals surface area contributed by atoms with Gasteiger partial charge in [0, 0.05) is 35.3 Å². The van der Waals surface area contributed by atoms with E-state index in [1.807, 2.05) is 12.1 Å². The third-order valence-corrected chi connectivity index (χ3v) is 5.80. The van der Waals surface area contributed by atoms with Gasteiger partial charge in [-0.15, -0.1) is 0 Å². The molecule has 0 bridgehead atoms. The number of methoxy groups -OCH3 is 1. The summed E-state index contributed by atoms with van der Waals surface area (Å²) in [4.78, 5) is 28.4. The number of nitrogens with zero attached hydrogens (tertiary/aromatic N) is 1. The molecule has 2 N–H and O–H groups in total. The van der Waals surface area contributed by atoms with Crippen LogP contribution < -0.4 is 14.9 Å². The van der Waals surface area contributed by atoms with Gasteiger partial charge in [0.25, 0.3) is 0 Å². The van der Waals surface area contributed by atoms with E-state index in [0.717, 1.165) is 0 Å². The van der Waals surface area contributed by atoms with Crippen LogP contribution in [-0.4, -0.2) is 37.5 Å². The second kappa shape index (κ2) is 11.2. The highest BCUT2D eigenvalue weighted by atomic mass is 16.8. The molecule has 3 rings (SSSR count). The van der Waals surface area contributed by atoms with Crippen LogP contribution in [0.4, 0.5) is 11.4 Å². The zero-order chi connectivity index (χ0) is 25.7. The molecule has 0 spiro atoms. The Labute approximate surface area is 204 Å². The van der Waals surface area contributed by atoms with Gasteiger partial charge in [0.2, 0.25) is 0 Å². The number of esters is 2. The Morgan fingerprint density at radius 2 is 1.54 bits per heavy atom. The van der Waals surface area contributed by atoms with Crippen molar-refractivity contribution < 1.29 is 34.2 Å². The lowest BCUT2D eigenvalue weighted by atomic mass is 9.79. The molecule has 35 heavy (non-hydrogen) atoms. The Morgan fingerprint density at radius 1 is 0.971 bits per heavy atom. The van der Waals surface area contributed by atoms with E-state index >= 15 is 0 Å². The lowest BCUT2D eigenvalue weighted by Gasteiger charge is -2.38. The Kier molecular flexibility index (Phi) is 8.29. The quantitative estimate of drug-likeness (QED) is 0.435. The molecule has 0 aromatic heterocycles. The van der Waals surface area contributed by atoms with Gasteiger partial charge in [-0.3, -0.25) is 0 Å². The molecule has 0 radical (unpaired) electrons. The Hall–Kier alpha value is -3.66. The maximum Gasteiger partial charge on any atom is 0.336 e. The fraction of sp³-hybridized carbons (Fsp3) is 0.308. The predicted molar refractivity (Wildman–Crippen MR) is 129 cm³/mol. The number of rotatable bonds is 8. The molecule has 1 heterocycles. The first-order chi connectivity index (χ1) is 16.7. The number of hydrogen-bond acceptors (Lipinski definition) is 8. The zero-order valence-corrected chi connectivity index (χ0v) is 20.5. The number of anilines is 1. The molecule has 186 valence electrons. The number of carbonyl (C=O) groups excluding carboxylic acids is 2. The molecule has 0 aliphatic carbocycles. The van der Waals surface area contributed by atoms with Crippen LogP contribution in [0.25, 0.3) is 0 Å². The van der Waals surface area contributed by atoms with Gasteiger partial charge in [-0.2, -0.15) is 5.23 Å². The molecule has 9 heteroatoms. The van der Waals surface area contributed by atoms with Crippen molar-refractivity contribution >= 4 is 23.3 Å². The Morgan fingerprint density at radius 3 is 2.06 bits per heavy atom. The van der Waals surface area contributed by atoms with Crippen LogP contribution in [0, 0.1) is 5.21 Å². The minimum Gasteiger partial charge on any atom is -0.595 e. The van der Waals surface area contributed by atoms with Gasteiger partial charge >= 0.3 is 11.9 Å². The second-order valence-electron chi connectivity index (χ2n) is 7.84. The summed E-state index contributed by atoms with van der Waals surface area (Å²) in [7, 11) is 1.56. The van der Waals surface area contributed by atoms with Gasteiger partial charge in [-0.1, -0.05) is 18.2 Å². The smallest absolute Gasteiger partial charge is 0.336 e. The van der Waals surface area contributed by atoms with Crippen LogP contribution >= 0.6 is 0 Å². The van der Waals surface area contributed by atoms with Gasteiger partial charge in [0.05, 0.1) is 37.4 Å². The van der Waals surface area contributed by atoms with Crippen molar-refractivity contribution in [2.75, 3.05) is 25.2 Å². The maximum absolute atomic E-state index is 13.3. The number of quaternary nitrogens is 1. The summed E-state index contributed by atoms with van der Waals surface area (Å²) in [6, 6.07) is 13.4. The van der Waals surface area contributed by atoms with E-state index in [9.17, 15) is 20.0 Å². The highest BCUT2D eigenvalue weighted by Gasteiger charge is 2.41. The molecule has 2 aromatic carbocycles. The first-order valence-electron chi connectivity index (χ1n) is 11.3. The number of nitrogens with one attached hydrogen (secondary N) is 1. The Balaban J connectivity index is 2.34. The average Bonchev–Trinajstić information content (AvgIpc) is 2.84. The molecule has 1 aliphatic heterocycles. The summed E-state index contributed by atoms with van der Waals surface area (Å²) in [5.74, 6) is -1.47. The zero-order valence-electron chi connectivity index (χ0n) is 20.5. The summed E-state index contributed by atoms with van der Waals surface area (Å²) in [6.07, 6.45) is 0. The molecule has 1 unspecified atom stereocenters. The maximum atomic E-state index is 13.3. The largest absolute Gasteiger partial charge is 0.595 e. The highest BCUT2D eigenvalue weighted by Crippen LogP contribution is 2.45. The van der Waals surface area contributed by atoms with E-state index in [0.29, 0.717) is 28.4 Å². The van der Waals surface area contributed by atoms with E-state index in [1.54, 1.807) is 64.0 Å². The number of ether oxygens (including phenoxy) is 3. The number of hydrogen-bond donors (Lipinski definition) is 2. The summed E-state index contributed by atoms with van der Waals surface area (Å²) in [5.41, 5.74) is 2.75. The normalized spacial score (nSPS) is 15.2. The molecule has 9 nitrogen and oxygen atoms in total. The van der Waals surface area contributed by atoms with Crippen molar-refractivity contribution in [3.8, 4) is 5.75 Å². The summed E-state index contributed by atoms with van der Waals surface area (Å²) in [5, 5.41) is 20.1. The third-order valence-electron chi connectivity index (χ3n) is 5.80. The summed E-state index contributed by atoms with van der Waals surface area (Å²) in [6.45, 7) is 7.20. The topological polar surface area (TPSA) is 113 Å². The molecule has 1 atom stereocenters. The van der Waals surface area contributed by atoms with E-state index in [-0.39, 0.29) is 30.0 Å². The molecular formula is C26H30N2O7. The highest BCUT2D eigenvalue weighted by molar-refractivity contribution is 6.01. The van der Waals surface area contributed by atoms with Crippen LogP contribution in [0.1, 0.15) is 39.2 Å². The van der Waals surface area contributed by atoms with Crippen molar-refractivity contribution in [2.24, 2.45) is 0 Å². The summed E-state index contributed by atoms with van der Waals surface area (Å²) < 4.78 is 16.2. The first kappa shape index (κ1) is 26.0. The minimum atomic E-state index is -1.11. The van der Waals surface area contributed by atoms with Gasteiger partial charge < -0.3 is 24.3 Å².